The second-order valence-corrected chi connectivity index (χ2v) is 6.80. The summed E-state index contributed by atoms with van der Waals surface area (Å²) in [6.07, 6.45) is 0. The van der Waals surface area contributed by atoms with E-state index in [9.17, 15) is 14.4 Å². The Kier molecular flexibility index (Phi) is 5.46. The van der Waals surface area contributed by atoms with E-state index in [4.69, 9.17) is 5.73 Å². The molecular formula is C21H23N3O4. The fourth-order valence-corrected chi connectivity index (χ4v) is 3.37. The number of benzene rings is 2. The number of carbonyl (C=O) groups excluding carboxylic acids is 3. The number of rotatable bonds is 6. The number of ether oxygens (including phenoxy) is 1. The Hall–Kier alpha value is -3.19. The van der Waals surface area contributed by atoms with E-state index in [1.54, 1.807) is 19.1 Å². The van der Waals surface area contributed by atoms with Crippen LogP contribution in [0.3, 0.4) is 0 Å². The van der Waals surface area contributed by atoms with Gasteiger partial charge < -0.3 is 15.4 Å². The van der Waals surface area contributed by atoms with Gasteiger partial charge in [-0.05, 0) is 23.6 Å². The average Bonchev–Trinajstić information content (AvgIpc) is 2.91. The van der Waals surface area contributed by atoms with E-state index in [0.29, 0.717) is 12.1 Å². The van der Waals surface area contributed by atoms with Crippen molar-refractivity contribution in [1.29, 1.82) is 0 Å². The maximum Gasteiger partial charge on any atom is 0.328 e. The zero-order valence-electron chi connectivity index (χ0n) is 15.9. The number of nitrogens with zero attached hydrogens (tertiary/aromatic N) is 2. The Morgan fingerprint density at radius 3 is 2.25 bits per heavy atom. The summed E-state index contributed by atoms with van der Waals surface area (Å²) in [5.41, 5.74) is 6.89. The number of hydrogen-bond donors (Lipinski definition) is 1. The first-order valence-electron chi connectivity index (χ1n) is 8.95. The molecule has 1 heterocycles. The SMILES string of the molecule is COC(=O)CN1C(=O)N(Cc2ccccc2)C(C)(c2ccc(CN)cc2)C1=O. The monoisotopic (exact) mass is 381 g/mol. The maximum atomic E-state index is 13.3. The molecule has 0 spiro atoms. The topological polar surface area (TPSA) is 92.9 Å². The molecule has 0 aliphatic carbocycles. The molecule has 3 amide bonds. The number of carbonyl (C=O) groups is 3. The summed E-state index contributed by atoms with van der Waals surface area (Å²) < 4.78 is 4.65. The largest absolute Gasteiger partial charge is 0.468 e. The Balaban J connectivity index is 2.04. The van der Waals surface area contributed by atoms with Crippen molar-refractivity contribution < 1.29 is 19.1 Å². The second kappa shape index (κ2) is 7.82. The number of imide groups is 1. The Bertz CT molecular complexity index is 882. The highest BCUT2D eigenvalue weighted by molar-refractivity contribution is 6.08. The van der Waals surface area contributed by atoms with E-state index in [1.165, 1.54) is 12.0 Å². The highest BCUT2D eigenvalue weighted by Gasteiger charge is 2.55. The van der Waals surface area contributed by atoms with Crippen molar-refractivity contribution in [2.45, 2.75) is 25.6 Å². The molecule has 1 saturated heterocycles. The van der Waals surface area contributed by atoms with Gasteiger partial charge in [0.25, 0.3) is 5.91 Å². The quantitative estimate of drug-likeness (QED) is 0.610. The molecule has 1 unspecified atom stereocenters. The van der Waals surface area contributed by atoms with Crippen molar-refractivity contribution in [2.75, 3.05) is 13.7 Å². The van der Waals surface area contributed by atoms with Crippen LogP contribution in [0.5, 0.6) is 0 Å². The highest BCUT2D eigenvalue weighted by Crippen LogP contribution is 2.38. The van der Waals surface area contributed by atoms with E-state index >= 15 is 0 Å². The summed E-state index contributed by atoms with van der Waals surface area (Å²) in [7, 11) is 1.22. The molecule has 1 fully saturated rings. The molecule has 0 radical (unpaired) electrons. The number of amides is 3. The summed E-state index contributed by atoms with van der Waals surface area (Å²) >= 11 is 0. The molecule has 2 N–H and O–H groups in total. The normalized spacial score (nSPS) is 19.2. The lowest BCUT2D eigenvalue weighted by atomic mass is 9.89. The van der Waals surface area contributed by atoms with Gasteiger partial charge in [0, 0.05) is 13.1 Å². The molecule has 1 atom stereocenters. The van der Waals surface area contributed by atoms with Crippen LogP contribution in [0.2, 0.25) is 0 Å². The predicted molar refractivity (Wildman–Crippen MR) is 103 cm³/mol. The van der Waals surface area contributed by atoms with Crippen LogP contribution in [0.4, 0.5) is 4.79 Å². The van der Waals surface area contributed by atoms with Gasteiger partial charge in [-0.1, -0.05) is 54.6 Å². The van der Waals surface area contributed by atoms with E-state index in [0.717, 1.165) is 16.0 Å². The van der Waals surface area contributed by atoms with Crippen LogP contribution < -0.4 is 5.73 Å². The van der Waals surface area contributed by atoms with Gasteiger partial charge in [0.05, 0.1) is 7.11 Å². The molecule has 0 bridgehead atoms. The van der Waals surface area contributed by atoms with E-state index < -0.39 is 30.0 Å². The van der Waals surface area contributed by atoms with Crippen LogP contribution in [-0.2, 0) is 33.0 Å². The number of urea groups is 1. The number of nitrogens with two attached hydrogens (primary N) is 1. The molecule has 1 aliphatic rings. The molecule has 2 aromatic rings. The van der Waals surface area contributed by atoms with Crippen LogP contribution in [0.25, 0.3) is 0 Å². The van der Waals surface area contributed by atoms with Gasteiger partial charge >= 0.3 is 12.0 Å². The third kappa shape index (κ3) is 3.36. The number of hydrogen-bond acceptors (Lipinski definition) is 5. The molecule has 2 aromatic carbocycles. The Morgan fingerprint density at radius 2 is 1.68 bits per heavy atom. The Labute approximate surface area is 163 Å². The summed E-state index contributed by atoms with van der Waals surface area (Å²) in [6, 6.07) is 16.1. The van der Waals surface area contributed by atoms with Crippen molar-refractivity contribution in [3.05, 3.63) is 71.3 Å². The van der Waals surface area contributed by atoms with Gasteiger partial charge in [-0.15, -0.1) is 0 Å². The van der Waals surface area contributed by atoms with Crippen molar-refractivity contribution in [3.63, 3.8) is 0 Å². The first kappa shape index (κ1) is 19.6. The van der Waals surface area contributed by atoms with Gasteiger partial charge in [0.2, 0.25) is 0 Å². The van der Waals surface area contributed by atoms with Crippen LogP contribution in [0, 0.1) is 0 Å². The molecule has 7 heteroatoms. The highest BCUT2D eigenvalue weighted by atomic mass is 16.5. The first-order valence-corrected chi connectivity index (χ1v) is 8.95. The lowest BCUT2D eigenvalue weighted by Gasteiger charge is -2.32. The van der Waals surface area contributed by atoms with Crippen molar-refractivity contribution in [3.8, 4) is 0 Å². The summed E-state index contributed by atoms with van der Waals surface area (Å²) in [5.74, 6) is -1.11. The second-order valence-electron chi connectivity index (χ2n) is 6.80. The van der Waals surface area contributed by atoms with Crippen molar-refractivity contribution >= 4 is 17.9 Å². The third-order valence-electron chi connectivity index (χ3n) is 5.11. The first-order chi connectivity index (χ1) is 13.4. The van der Waals surface area contributed by atoms with Gasteiger partial charge in [-0.3, -0.25) is 14.5 Å². The van der Waals surface area contributed by atoms with Crippen molar-refractivity contribution in [2.24, 2.45) is 5.73 Å². The molecule has 0 saturated carbocycles. The van der Waals surface area contributed by atoms with E-state index in [2.05, 4.69) is 4.74 Å². The predicted octanol–water partition coefficient (Wildman–Crippen LogP) is 2.00. The minimum absolute atomic E-state index is 0.234. The zero-order chi connectivity index (χ0) is 20.3. The molecule has 1 aliphatic heterocycles. The van der Waals surface area contributed by atoms with Gasteiger partial charge in [-0.2, -0.15) is 0 Å². The zero-order valence-corrected chi connectivity index (χ0v) is 15.9. The van der Waals surface area contributed by atoms with Gasteiger partial charge in [0.15, 0.2) is 0 Å². The molecule has 7 nitrogen and oxygen atoms in total. The minimum Gasteiger partial charge on any atom is -0.468 e. The number of methoxy groups -OCH3 is 1. The average molecular weight is 381 g/mol. The standard InChI is InChI=1S/C21H23N3O4/c1-21(17-10-8-15(12-22)9-11-17)19(26)23(14-18(25)28-2)20(27)24(21)13-16-6-4-3-5-7-16/h3-11H,12-14,22H2,1-2H3. The third-order valence-corrected chi connectivity index (χ3v) is 5.11. The minimum atomic E-state index is -1.24. The van der Waals surface area contributed by atoms with Gasteiger partial charge in [0.1, 0.15) is 12.1 Å². The Morgan fingerprint density at radius 1 is 1.04 bits per heavy atom. The van der Waals surface area contributed by atoms with Crippen LogP contribution in [0.1, 0.15) is 23.6 Å². The molecular weight excluding hydrogens is 358 g/mol. The van der Waals surface area contributed by atoms with Crippen LogP contribution in [-0.4, -0.2) is 41.4 Å². The van der Waals surface area contributed by atoms with E-state index in [-0.39, 0.29) is 6.54 Å². The molecule has 0 aromatic heterocycles. The van der Waals surface area contributed by atoms with Gasteiger partial charge in [-0.25, -0.2) is 4.79 Å². The van der Waals surface area contributed by atoms with Crippen LogP contribution in [0.15, 0.2) is 54.6 Å². The van der Waals surface area contributed by atoms with E-state index in [1.807, 2.05) is 42.5 Å². The summed E-state index contributed by atoms with van der Waals surface area (Å²) in [6.45, 7) is 1.89. The smallest absolute Gasteiger partial charge is 0.328 e. The van der Waals surface area contributed by atoms with Crippen molar-refractivity contribution in [1.82, 2.24) is 9.80 Å². The van der Waals surface area contributed by atoms with Crippen LogP contribution >= 0.6 is 0 Å². The fourth-order valence-electron chi connectivity index (χ4n) is 3.37. The molecule has 28 heavy (non-hydrogen) atoms. The molecule has 146 valence electrons. The number of esters is 1. The molecule has 3 rings (SSSR count). The summed E-state index contributed by atoms with van der Waals surface area (Å²) in [4.78, 5) is 40.6. The summed E-state index contributed by atoms with van der Waals surface area (Å²) in [5, 5.41) is 0. The lowest BCUT2D eigenvalue weighted by molar-refractivity contribution is -0.145. The fraction of sp³-hybridized carbons (Fsp3) is 0.286. The maximum absolute atomic E-state index is 13.3. The lowest BCUT2D eigenvalue weighted by Crippen LogP contribution is -2.44.